The summed E-state index contributed by atoms with van der Waals surface area (Å²) in [5.41, 5.74) is 1.01. The molecule has 0 spiro atoms. The Kier molecular flexibility index (Phi) is 7.46. The van der Waals surface area contributed by atoms with Gasteiger partial charge < -0.3 is 9.30 Å². The second kappa shape index (κ2) is 9.36. The zero-order chi connectivity index (χ0) is 15.8. The molecule has 0 aliphatic carbocycles. The summed E-state index contributed by atoms with van der Waals surface area (Å²) < 4.78 is 7.64. The van der Waals surface area contributed by atoms with Crippen LogP contribution in [0, 0.1) is 0 Å². The van der Waals surface area contributed by atoms with Crippen LogP contribution >= 0.6 is 31.9 Å². The molecular weight excluding hydrogens is 410 g/mol. The van der Waals surface area contributed by atoms with Crippen molar-refractivity contribution >= 4 is 42.8 Å². The molecule has 0 aliphatic rings. The lowest BCUT2D eigenvalue weighted by Gasteiger charge is -2.12. The quantitative estimate of drug-likeness (QED) is 0.425. The number of unbranched alkanes of at least 4 members (excludes halogenated alkanes) is 2. The van der Waals surface area contributed by atoms with Gasteiger partial charge in [0.1, 0.15) is 5.75 Å². The fraction of sp³-hybridized carbons (Fsp3) is 0.471. The lowest BCUT2D eigenvalue weighted by atomic mass is 10.2. The lowest BCUT2D eigenvalue weighted by Crippen LogP contribution is -2.19. The standard InChI is InChI=1S/C17H21Br2NO2/c18-9-1-3-11-20-16-13-15(22-12-4-2-10-19)7-5-14(16)6-8-17(20)21/h5-8,13H,1-4,9-12H2. The van der Waals surface area contributed by atoms with E-state index in [1.165, 1.54) is 0 Å². The summed E-state index contributed by atoms with van der Waals surface area (Å²) in [6.07, 6.45) is 4.17. The first-order valence-electron chi connectivity index (χ1n) is 7.64. The second-order valence-electron chi connectivity index (χ2n) is 5.18. The van der Waals surface area contributed by atoms with Crippen LogP contribution in [-0.2, 0) is 6.54 Å². The first kappa shape index (κ1) is 17.5. The molecule has 1 aromatic heterocycles. The molecule has 0 N–H and O–H groups in total. The van der Waals surface area contributed by atoms with E-state index in [4.69, 9.17) is 4.74 Å². The second-order valence-corrected chi connectivity index (χ2v) is 6.77. The highest BCUT2D eigenvalue weighted by Crippen LogP contribution is 2.20. The van der Waals surface area contributed by atoms with Gasteiger partial charge in [-0.05, 0) is 49.3 Å². The van der Waals surface area contributed by atoms with E-state index in [2.05, 4.69) is 31.9 Å². The van der Waals surface area contributed by atoms with E-state index in [0.717, 1.165) is 59.5 Å². The Hall–Kier alpha value is -0.810. The number of pyridine rings is 1. The van der Waals surface area contributed by atoms with E-state index in [1.807, 2.05) is 28.8 Å². The van der Waals surface area contributed by atoms with Crippen molar-refractivity contribution in [3.8, 4) is 5.75 Å². The van der Waals surface area contributed by atoms with Gasteiger partial charge in [0.05, 0.1) is 12.1 Å². The van der Waals surface area contributed by atoms with Crippen molar-refractivity contribution in [2.45, 2.75) is 32.2 Å². The van der Waals surface area contributed by atoms with Crippen LogP contribution in [0.1, 0.15) is 25.7 Å². The minimum absolute atomic E-state index is 0.0542. The smallest absolute Gasteiger partial charge is 0.251 e. The van der Waals surface area contributed by atoms with Crippen LogP contribution in [0.15, 0.2) is 35.1 Å². The van der Waals surface area contributed by atoms with Crippen LogP contribution in [0.4, 0.5) is 0 Å². The summed E-state index contributed by atoms with van der Waals surface area (Å²) in [7, 11) is 0. The Morgan fingerprint density at radius 1 is 0.955 bits per heavy atom. The van der Waals surface area contributed by atoms with Crippen molar-refractivity contribution < 1.29 is 4.74 Å². The number of hydrogen-bond acceptors (Lipinski definition) is 2. The van der Waals surface area contributed by atoms with Crippen molar-refractivity contribution in [1.29, 1.82) is 0 Å². The van der Waals surface area contributed by atoms with Gasteiger partial charge in [0, 0.05) is 29.3 Å². The van der Waals surface area contributed by atoms with Crippen LogP contribution in [0.5, 0.6) is 5.75 Å². The van der Waals surface area contributed by atoms with Gasteiger partial charge in [-0.15, -0.1) is 0 Å². The number of alkyl halides is 2. The van der Waals surface area contributed by atoms with E-state index in [9.17, 15) is 4.79 Å². The van der Waals surface area contributed by atoms with Gasteiger partial charge in [-0.25, -0.2) is 0 Å². The van der Waals surface area contributed by atoms with Gasteiger partial charge in [-0.3, -0.25) is 4.79 Å². The summed E-state index contributed by atoms with van der Waals surface area (Å²) in [6, 6.07) is 9.51. The molecule has 3 nitrogen and oxygen atoms in total. The molecule has 2 rings (SSSR count). The molecule has 2 aromatic rings. The molecular formula is C17H21Br2NO2. The molecule has 1 aromatic carbocycles. The minimum atomic E-state index is 0.0542. The molecule has 120 valence electrons. The Labute approximate surface area is 147 Å². The largest absolute Gasteiger partial charge is 0.494 e. The van der Waals surface area contributed by atoms with Gasteiger partial charge in [0.2, 0.25) is 0 Å². The molecule has 0 saturated heterocycles. The highest BCUT2D eigenvalue weighted by molar-refractivity contribution is 9.09. The average molecular weight is 431 g/mol. The molecule has 0 radical (unpaired) electrons. The van der Waals surface area contributed by atoms with Crippen LogP contribution < -0.4 is 10.3 Å². The number of benzene rings is 1. The summed E-state index contributed by atoms with van der Waals surface area (Å²) in [5.74, 6) is 0.835. The fourth-order valence-corrected chi connectivity index (χ4v) is 3.13. The van der Waals surface area contributed by atoms with E-state index in [0.29, 0.717) is 6.61 Å². The molecule has 0 aliphatic heterocycles. The average Bonchev–Trinajstić information content (AvgIpc) is 2.54. The highest BCUT2D eigenvalue weighted by atomic mass is 79.9. The van der Waals surface area contributed by atoms with Crippen LogP contribution in [0.2, 0.25) is 0 Å². The van der Waals surface area contributed by atoms with E-state index >= 15 is 0 Å². The summed E-state index contributed by atoms with van der Waals surface area (Å²) in [4.78, 5) is 12.1. The predicted molar refractivity (Wildman–Crippen MR) is 99.8 cm³/mol. The summed E-state index contributed by atoms with van der Waals surface area (Å²) in [5, 5.41) is 3.04. The lowest BCUT2D eigenvalue weighted by molar-refractivity contribution is 0.310. The highest BCUT2D eigenvalue weighted by Gasteiger charge is 2.05. The Balaban J connectivity index is 2.20. The molecule has 0 atom stereocenters. The first-order valence-corrected chi connectivity index (χ1v) is 9.89. The third kappa shape index (κ3) is 4.85. The van der Waals surface area contributed by atoms with E-state index < -0.39 is 0 Å². The SMILES string of the molecule is O=c1ccc2ccc(OCCCCBr)cc2n1CCCCBr. The van der Waals surface area contributed by atoms with Crippen molar-refractivity contribution in [1.82, 2.24) is 4.57 Å². The molecule has 1 heterocycles. The summed E-state index contributed by atoms with van der Waals surface area (Å²) >= 11 is 6.85. The number of rotatable bonds is 9. The van der Waals surface area contributed by atoms with Crippen LogP contribution in [0.25, 0.3) is 10.9 Å². The van der Waals surface area contributed by atoms with E-state index in [-0.39, 0.29) is 5.56 Å². The molecule has 0 bridgehead atoms. The Morgan fingerprint density at radius 2 is 1.68 bits per heavy atom. The number of hydrogen-bond donors (Lipinski definition) is 0. The van der Waals surface area contributed by atoms with Crippen LogP contribution in [0.3, 0.4) is 0 Å². The number of fused-ring (bicyclic) bond motifs is 1. The number of aryl methyl sites for hydroxylation is 1. The monoisotopic (exact) mass is 429 g/mol. The third-order valence-electron chi connectivity index (χ3n) is 3.53. The number of ether oxygens (including phenoxy) is 1. The molecule has 5 heteroatoms. The molecule has 0 fully saturated rings. The minimum Gasteiger partial charge on any atom is -0.494 e. The molecule has 22 heavy (non-hydrogen) atoms. The number of nitrogens with zero attached hydrogens (tertiary/aromatic N) is 1. The van der Waals surface area contributed by atoms with Crippen molar-refractivity contribution in [2.24, 2.45) is 0 Å². The number of aromatic nitrogens is 1. The van der Waals surface area contributed by atoms with Crippen molar-refractivity contribution in [3.05, 3.63) is 40.7 Å². The maximum absolute atomic E-state index is 12.1. The van der Waals surface area contributed by atoms with Crippen LogP contribution in [-0.4, -0.2) is 21.8 Å². The maximum atomic E-state index is 12.1. The van der Waals surface area contributed by atoms with Gasteiger partial charge in [0.25, 0.3) is 5.56 Å². The van der Waals surface area contributed by atoms with Gasteiger partial charge in [0.15, 0.2) is 0 Å². The van der Waals surface area contributed by atoms with Crippen molar-refractivity contribution in [3.63, 3.8) is 0 Å². The summed E-state index contributed by atoms with van der Waals surface area (Å²) in [6.45, 7) is 1.45. The zero-order valence-electron chi connectivity index (χ0n) is 12.6. The number of halogens is 2. The fourth-order valence-electron chi connectivity index (χ4n) is 2.34. The molecule has 0 unspecified atom stereocenters. The molecule has 0 amide bonds. The van der Waals surface area contributed by atoms with Gasteiger partial charge in [-0.1, -0.05) is 31.9 Å². The third-order valence-corrected chi connectivity index (χ3v) is 4.65. The van der Waals surface area contributed by atoms with Gasteiger partial charge in [-0.2, -0.15) is 0 Å². The van der Waals surface area contributed by atoms with E-state index in [1.54, 1.807) is 6.07 Å². The van der Waals surface area contributed by atoms with Crippen molar-refractivity contribution in [2.75, 3.05) is 17.3 Å². The first-order chi connectivity index (χ1) is 10.8. The predicted octanol–water partition coefficient (Wildman–Crippen LogP) is 4.73. The normalized spacial score (nSPS) is 11.0. The Bertz CT molecular complexity index is 655. The topological polar surface area (TPSA) is 31.2 Å². The zero-order valence-corrected chi connectivity index (χ0v) is 15.7. The molecule has 0 saturated carbocycles. The Morgan fingerprint density at radius 3 is 2.45 bits per heavy atom. The van der Waals surface area contributed by atoms with Gasteiger partial charge >= 0.3 is 0 Å². The maximum Gasteiger partial charge on any atom is 0.251 e.